The van der Waals surface area contributed by atoms with Crippen molar-refractivity contribution in [3.05, 3.63) is 53.9 Å². The first kappa shape index (κ1) is 16.1. The van der Waals surface area contributed by atoms with Crippen LogP contribution in [0.3, 0.4) is 0 Å². The van der Waals surface area contributed by atoms with Crippen LogP contribution in [-0.2, 0) is 4.79 Å². The maximum Gasteiger partial charge on any atom is 0.333 e. The highest BCUT2D eigenvalue weighted by molar-refractivity contribution is 5.93. The minimum atomic E-state index is -2.89. The fourth-order valence-electron chi connectivity index (χ4n) is 2.82. The summed E-state index contributed by atoms with van der Waals surface area (Å²) < 4.78 is 26.1. The molecular weight excluding hydrogens is 318 g/mol. The van der Waals surface area contributed by atoms with Crippen LogP contribution in [-0.4, -0.2) is 27.6 Å². The van der Waals surface area contributed by atoms with Gasteiger partial charge in [0.25, 0.3) is 5.91 Å². The summed E-state index contributed by atoms with van der Waals surface area (Å²) in [5.74, 6) is -0.748. The lowest BCUT2D eigenvalue weighted by Crippen LogP contribution is -2.50. The van der Waals surface area contributed by atoms with Gasteiger partial charge < -0.3 is 10.6 Å². The summed E-state index contributed by atoms with van der Waals surface area (Å²) in [7, 11) is 0. The van der Waals surface area contributed by atoms with Crippen LogP contribution in [0.2, 0.25) is 0 Å². The maximum absolute atomic E-state index is 12.9. The largest absolute Gasteiger partial charge is 0.347 e. The van der Waals surface area contributed by atoms with Gasteiger partial charge in [0.2, 0.25) is 5.91 Å². The lowest BCUT2D eigenvalue weighted by molar-refractivity contribution is -0.123. The number of amides is 2. The SMILES string of the molecule is O=C1CC[C@@H](NC(=O)c2ccnn2C(F)F)[C@H](c2ccccc2)N1. The smallest absolute Gasteiger partial charge is 0.333 e. The molecule has 1 fully saturated rings. The van der Waals surface area contributed by atoms with Crippen LogP contribution < -0.4 is 10.6 Å². The monoisotopic (exact) mass is 334 g/mol. The molecule has 1 aliphatic heterocycles. The second kappa shape index (κ2) is 6.77. The van der Waals surface area contributed by atoms with E-state index in [1.807, 2.05) is 30.3 Å². The minimum Gasteiger partial charge on any atom is -0.347 e. The number of carbonyl (C=O) groups is 2. The van der Waals surface area contributed by atoms with Crippen LogP contribution in [0.25, 0.3) is 0 Å². The summed E-state index contributed by atoms with van der Waals surface area (Å²) >= 11 is 0. The molecule has 2 atom stereocenters. The van der Waals surface area contributed by atoms with Crippen molar-refractivity contribution in [1.82, 2.24) is 20.4 Å². The highest BCUT2D eigenvalue weighted by atomic mass is 19.3. The van der Waals surface area contributed by atoms with E-state index in [9.17, 15) is 18.4 Å². The van der Waals surface area contributed by atoms with Gasteiger partial charge >= 0.3 is 6.55 Å². The lowest BCUT2D eigenvalue weighted by Gasteiger charge is -2.33. The van der Waals surface area contributed by atoms with Gasteiger partial charge in [0.05, 0.1) is 12.1 Å². The summed E-state index contributed by atoms with van der Waals surface area (Å²) in [6, 6.07) is 9.65. The van der Waals surface area contributed by atoms with Gasteiger partial charge in [-0.1, -0.05) is 30.3 Å². The number of nitrogens with one attached hydrogen (secondary N) is 2. The second-order valence-corrected chi connectivity index (χ2v) is 5.51. The average molecular weight is 334 g/mol. The molecule has 0 aliphatic carbocycles. The van der Waals surface area contributed by atoms with E-state index >= 15 is 0 Å². The zero-order valence-electron chi connectivity index (χ0n) is 12.7. The third-order valence-corrected chi connectivity index (χ3v) is 3.96. The summed E-state index contributed by atoms with van der Waals surface area (Å²) in [6.07, 6.45) is 1.85. The highest BCUT2D eigenvalue weighted by Gasteiger charge is 2.32. The fourth-order valence-corrected chi connectivity index (χ4v) is 2.82. The molecule has 0 spiro atoms. The van der Waals surface area contributed by atoms with Crippen LogP contribution >= 0.6 is 0 Å². The summed E-state index contributed by atoms with van der Waals surface area (Å²) in [5, 5.41) is 9.04. The number of hydrogen-bond acceptors (Lipinski definition) is 3. The van der Waals surface area contributed by atoms with Gasteiger partial charge in [0, 0.05) is 12.6 Å². The molecule has 1 saturated heterocycles. The van der Waals surface area contributed by atoms with Crippen molar-refractivity contribution in [2.75, 3.05) is 0 Å². The number of halogens is 2. The van der Waals surface area contributed by atoms with Crippen LogP contribution in [0.5, 0.6) is 0 Å². The molecule has 8 heteroatoms. The van der Waals surface area contributed by atoms with Gasteiger partial charge in [-0.25, -0.2) is 0 Å². The molecule has 3 rings (SSSR count). The Morgan fingerprint density at radius 3 is 2.75 bits per heavy atom. The minimum absolute atomic E-state index is 0.105. The van der Waals surface area contributed by atoms with Crippen LogP contribution in [0, 0.1) is 0 Å². The number of alkyl halides is 2. The predicted octanol–water partition coefficient (Wildman–Crippen LogP) is 2.03. The Bertz CT molecular complexity index is 733. The van der Waals surface area contributed by atoms with Crippen molar-refractivity contribution in [2.24, 2.45) is 0 Å². The Balaban J connectivity index is 1.80. The number of nitrogens with zero attached hydrogens (tertiary/aromatic N) is 2. The van der Waals surface area contributed by atoms with E-state index in [1.165, 1.54) is 6.07 Å². The standard InChI is InChI=1S/C16H16F2N4O2/c17-16(18)22-12(8-9-19-22)15(24)20-11-6-7-13(23)21-14(11)10-4-2-1-3-5-10/h1-5,8-9,11,14,16H,6-7H2,(H,20,24)(H,21,23)/t11-,14+/m1/s1. The van der Waals surface area contributed by atoms with Crippen molar-refractivity contribution >= 4 is 11.8 Å². The molecule has 0 saturated carbocycles. The molecule has 6 nitrogen and oxygen atoms in total. The molecule has 0 unspecified atom stereocenters. The van der Waals surface area contributed by atoms with Gasteiger partial charge in [-0.2, -0.15) is 18.6 Å². The van der Waals surface area contributed by atoms with E-state index in [-0.39, 0.29) is 18.0 Å². The molecule has 2 amide bonds. The number of carbonyl (C=O) groups excluding carboxylic acids is 2. The Labute approximate surface area is 136 Å². The topological polar surface area (TPSA) is 76.0 Å². The van der Waals surface area contributed by atoms with Gasteiger partial charge in [0.15, 0.2) is 0 Å². The van der Waals surface area contributed by atoms with Gasteiger partial charge in [-0.15, -0.1) is 0 Å². The zero-order valence-corrected chi connectivity index (χ0v) is 12.7. The molecule has 0 bridgehead atoms. The van der Waals surface area contributed by atoms with Crippen LogP contribution in [0.4, 0.5) is 8.78 Å². The maximum atomic E-state index is 12.9. The molecule has 1 aromatic heterocycles. The molecular formula is C16H16F2N4O2. The molecule has 1 aromatic carbocycles. The number of aromatic nitrogens is 2. The van der Waals surface area contributed by atoms with Crippen molar-refractivity contribution < 1.29 is 18.4 Å². The van der Waals surface area contributed by atoms with Crippen molar-refractivity contribution in [3.63, 3.8) is 0 Å². The highest BCUT2D eigenvalue weighted by Crippen LogP contribution is 2.24. The predicted molar refractivity (Wildman–Crippen MR) is 81.3 cm³/mol. The summed E-state index contributed by atoms with van der Waals surface area (Å²) in [5.41, 5.74) is 0.631. The third kappa shape index (κ3) is 3.27. The molecule has 0 radical (unpaired) electrons. The van der Waals surface area contributed by atoms with E-state index in [2.05, 4.69) is 15.7 Å². The number of piperidine rings is 1. The van der Waals surface area contributed by atoms with Crippen LogP contribution in [0.15, 0.2) is 42.6 Å². The van der Waals surface area contributed by atoms with Crippen molar-refractivity contribution in [1.29, 1.82) is 0 Å². The normalized spacial score (nSPS) is 20.7. The Morgan fingerprint density at radius 1 is 1.29 bits per heavy atom. The summed E-state index contributed by atoms with van der Waals surface area (Å²) in [4.78, 5) is 24.1. The summed E-state index contributed by atoms with van der Waals surface area (Å²) in [6.45, 7) is -2.89. The number of rotatable bonds is 4. The first-order valence-electron chi connectivity index (χ1n) is 7.53. The second-order valence-electron chi connectivity index (χ2n) is 5.51. The van der Waals surface area contributed by atoms with Crippen molar-refractivity contribution in [3.8, 4) is 0 Å². The van der Waals surface area contributed by atoms with Gasteiger partial charge in [-0.3, -0.25) is 9.59 Å². The van der Waals surface area contributed by atoms with E-state index in [0.29, 0.717) is 11.1 Å². The van der Waals surface area contributed by atoms with E-state index in [0.717, 1.165) is 11.8 Å². The van der Waals surface area contributed by atoms with Gasteiger partial charge in [-0.05, 0) is 18.1 Å². The molecule has 126 valence electrons. The zero-order chi connectivity index (χ0) is 17.1. The lowest BCUT2D eigenvalue weighted by atomic mass is 9.92. The Morgan fingerprint density at radius 2 is 2.04 bits per heavy atom. The van der Waals surface area contributed by atoms with E-state index < -0.39 is 24.5 Å². The average Bonchev–Trinajstić information content (AvgIpc) is 3.07. The molecule has 2 N–H and O–H groups in total. The van der Waals surface area contributed by atoms with Crippen LogP contribution in [0.1, 0.15) is 41.5 Å². The molecule has 24 heavy (non-hydrogen) atoms. The first-order chi connectivity index (χ1) is 11.6. The molecule has 2 aromatic rings. The Hall–Kier alpha value is -2.77. The first-order valence-corrected chi connectivity index (χ1v) is 7.53. The molecule has 2 heterocycles. The Kier molecular flexibility index (Phi) is 4.54. The third-order valence-electron chi connectivity index (χ3n) is 3.96. The van der Waals surface area contributed by atoms with Crippen molar-refractivity contribution in [2.45, 2.75) is 31.5 Å². The van der Waals surface area contributed by atoms with E-state index in [4.69, 9.17) is 0 Å². The van der Waals surface area contributed by atoms with Gasteiger partial charge in [0.1, 0.15) is 5.69 Å². The fraction of sp³-hybridized carbons (Fsp3) is 0.312. The van der Waals surface area contributed by atoms with E-state index in [1.54, 1.807) is 0 Å². The number of hydrogen-bond donors (Lipinski definition) is 2. The number of benzene rings is 1. The quantitative estimate of drug-likeness (QED) is 0.898. The molecule has 1 aliphatic rings.